The first-order chi connectivity index (χ1) is 13.9. The highest BCUT2D eigenvalue weighted by Crippen LogP contribution is 2.23. The monoisotopic (exact) mass is 400 g/mol. The maximum atomic E-state index is 12.2. The van der Waals surface area contributed by atoms with E-state index in [-0.39, 0.29) is 13.2 Å². The number of esters is 2. The number of benzene rings is 2. The van der Waals surface area contributed by atoms with Crippen LogP contribution < -0.4 is 0 Å². The van der Waals surface area contributed by atoms with Gasteiger partial charge in [0.15, 0.2) is 0 Å². The predicted molar refractivity (Wildman–Crippen MR) is 104 cm³/mol. The third kappa shape index (κ3) is 4.82. The number of aliphatic hydroxyl groups excluding tert-OH is 2. The molecule has 2 aromatic rings. The van der Waals surface area contributed by atoms with Crippen LogP contribution >= 0.6 is 0 Å². The van der Waals surface area contributed by atoms with E-state index in [0.717, 1.165) is 11.1 Å². The summed E-state index contributed by atoms with van der Waals surface area (Å²) in [6.07, 6.45) is -4.36. The van der Waals surface area contributed by atoms with E-state index in [4.69, 9.17) is 14.2 Å². The molecular formula is C22H24O7. The highest BCUT2D eigenvalue weighted by Gasteiger charge is 2.44. The molecular weight excluding hydrogens is 376 g/mol. The molecule has 1 saturated heterocycles. The lowest BCUT2D eigenvalue weighted by molar-refractivity contribution is -0.0514. The average molecular weight is 400 g/mol. The first kappa shape index (κ1) is 21.0. The molecule has 0 bridgehead atoms. The van der Waals surface area contributed by atoms with Gasteiger partial charge < -0.3 is 24.4 Å². The zero-order valence-corrected chi connectivity index (χ0v) is 16.3. The molecule has 29 heavy (non-hydrogen) atoms. The third-order valence-corrected chi connectivity index (χ3v) is 4.95. The second kappa shape index (κ2) is 9.17. The minimum atomic E-state index is -1.26. The Balaban J connectivity index is 1.53. The topological polar surface area (TPSA) is 102 Å². The summed E-state index contributed by atoms with van der Waals surface area (Å²) in [6, 6.07) is 14.0. The van der Waals surface area contributed by atoms with E-state index in [1.165, 1.54) is 0 Å². The normalized spacial score (nSPS) is 23.6. The van der Waals surface area contributed by atoms with Crippen molar-refractivity contribution in [3.63, 3.8) is 0 Å². The summed E-state index contributed by atoms with van der Waals surface area (Å²) >= 11 is 0. The molecule has 3 rings (SSSR count). The van der Waals surface area contributed by atoms with Crippen LogP contribution in [0.3, 0.4) is 0 Å². The average Bonchev–Trinajstić information content (AvgIpc) is 2.99. The Labute approximate surface area is 168 Å². The molecule has 154 valence electrons. The van der Waals surface area contributed by atoms with E-state index >= 15 is 0 Å². The standard InChI is InChI=1S/C22H24O7/c1-13-7-3-5-9-15(13)21(25)27-11-17-19(23)20(24)18(29-17)12-28-22(26)16-10-6-4-8-14(16)2/h3-10,17-20,23-24H,11-12H2,1-2H3/t17-,18-,19-,20-/m1/s1. The molecule has 7 nitrogen and oxygen atoms in total. The number of ether oxygens (including phenoxy) is 3. The lowest BCUT2D eigenvalue weighted by Gasteiger charge is -2.15. The van der Waals surface area contributed by atoms with Crippen molar-refractivity contribution in [1.29, 1.82) is 0 Å². The SMILES string of the molecule is Cc1ccccc1C(=O)OC[C@H]1O[C@H](COC(=O)c2ccccc2C)[C@@H](O)[C@@H]1O. The molecule has 0 aromatic heterocycles. The minimum Gasteiger partial charge on any atom is -0.459 e. The third-order valence-electron chi connectivity index (χ3n) is 4.95. The molecule has 0 radical (unpaired) electrons. The van der Waals surface area contributed by atoms with Gasteiger partial charge in [0.25, 0.3) is 0 Å². The van der Waals surface area contributed by atoms with Gasteiger partial charge in [0.05, 0.1) is 11.1 Å². The Morgan fingerprint density at radius 1 is 0.793 bits per heavy atom. The smallest absolute Gasteiger partial charge is 0.338 e. The van der Waals surface area contributed by atoms with Crippen LogP contribution in [0.4, 0.5) is 0 Å². The number of rotatable bonds is 6. The summed E-state index contributed by atoms with van der Waals surface area (Å²) in [5.74, 6) is -1.08. The molecule has 2 aromatic carbocycles. The molecule has 0 amide bonds. The van der Waals surface area contributed by atoms with E-state index in [0.29, 0.717) is 11.1 Å². The number of carbonyl (C=O) groups excluding carboxylic acids is 2. The van der Waals surface area contributed by atoms with Crippen LogP contribution in [0.1, 0.15) is 31.8 Å². The Morgan fingerprint density at radius 3 is 1.55 bits per heavy atom. The summed E-state index contributed by atoms with van der Waals surface area (Å²) in [6.45, 7) is 3.13. The number of aryl methyl sites for hydroxylation is 2. The molecule has 0 unspecified atom stereocenters. The van der Waals surface area contributed by atoms with Crippen LogP contribution in [0.15, 0.2) is 48.5 Å². The van der Waals surface area contributed by atoms with Crippen LogP contribution in [0.25, 0.3) is 0 Å². The highest BCUT2D eigenvalue weighted by molar-refractivity contribution is 5.91. The van der Waals surface area contributed by atoms with E-state index < -0.39 is 36.4 Å². The molecule has 4 atom stereocenters. The zero-order chi connectivity index (χ0) is 21.0. The fourth-order valence-corrected chi connectivity index (χ4v) is 3.18. The van der Waals surface area contributed by atoms with Gasteiger partial charge in [-0.3, -0.25) is 0 Å². The van der Waals surface area contributed by atoms with Gasteiger partial charge in [-0.05, 0) is 37.1 Å². The Bertz CT molecular complexity index is 807. The molecule has 1 aliphatic heterocycles. The van der Waals surface area contributed by atoms with E-state index in [1.54, 1.807) is 50.2 Å². The van der Waals surface area contributed by atoms with E-state index in [2.05, 4.69) is 0 Å². The maximum Gasteiger partial charge on any atom is 0.338 e. The van der Waals surface area contributed by atoms with Gasteiger partial charge in [-0.1, -0.05) is 36.4 Å². The molecule has 7 heteroatoms. The van der Waals surface area contributed by atoms with Crippen molar-refractivity contribution >= 4 is 11.9 Å². The van der Waals surface area contributed by atoms with Gasteiger partial charge in [0.2, 0.25) is 0 Å². The predicted octanol–water partition coefficient (Wildman–Crippen LogP) is 1.81. The number of hydrogen-bond donors (Lipinski definition) is 2. The van der Waals surface area contributed by atoms with Gasteiger partial charge in [-0.2, -0.15) is 0 Å². The zero-order valence-electron chi connectivity index (χ0n) is 16.3. The Hall–Kier alpha value is -2.74. The van der Waals surface area contributed by atoms with Crippen molar-refractivity contribution in [2.75, 3.05) is 13.2 Å². The summed E-state index contributed by atoms with van der Waals surface area (Å²) in [4.78, 5) is 24.4. The van der Waals surface area contributed by atoms with Crippen molar-refractivity contribution < 1.29 is 34.0 Å². The molecule has 0 spiro atoms. The summed E-state index contributed by atoms with van der Waals surface area (Å²) in [5.41, 5.74) is 2.38. The molecule has 1 aliphatic rings. The van der Waals surface area contributed by atoms with Crippen molar-refractivity contribution in [3.8, 4) is 0 Å². The second-order valence-corrected chi connectivity index (χ2v) is 7.02. The Morgan fingerprint density at radius 2 is 1.17 bits per heavy atom. The number of aliphatic hydroxyl groups is 2. The van der Waals surface area contributed by atoms with Crippen LogP contribution in [0.5, 0.6) is 0 Å². The van der Waals surface area contributed by atoms with Gasteiger partial charge in [0, 0.05) is 0 Å². The van der Waals surface area contributed by atoms with Crippen LogP contribution in [-0.2, 0) is 14.2 Å². The fraction of sp³-hybridized carbons (Fsp3) is 0.364. The van der Waals surface area contributed by atoms with Crippen molar-refractivity contribution in [3.05, 3.63) is 70.8 Å². The van der Waals surface area contributed by atoms with Crippen molar-refractivity contribution in [2.24, 2.45) is 0 Å². The quantitative estimate of drug-likeness (QED) is 0.713. The molecule has 1 fully saturated rings. The number of hydrogen-bond acceptors (Lipinski definition) is 7. The Kier molecular flexibility index (Phi) is 6.64. The van der Waals surface area contributed by atoms with Gasteiger partial charge in [0.1, 0.15) is 37.6 Å². The first-order valence-electron chi connectivity index (χ1n) is 9.35. The van der Waals surface area contributed by atoms with Crippen molar-refractivity contribution in [2.45, 2.75) is 38.3 Å². The largest absolute Gasteiger partial charge is 0.459 e. The molecule has 0 aliphatic carbocycles. The molecule has 0 saturated carbocycles. The second-order valence-electron chi connectivity index (χ2n) is 7.02. The van der Waals surface area contributed by atoms with Crippen molar-refractivity contribution in [1.82, 2.24) is 0 Å². The van der Waals surface area contributed by atoms with E-state index in [9.17, 15) is 19.8 Å². The van der Waals surface area contributed by atoms with Crippen LogP contribution in [-0.4, -0.2) is 59.8 Å². The fourth-order valence-electron chi connectivity index (χ4n) is 3.18. The van der Waals surface area contributed by atoms with Crippen LogP contribution in [0, 0.1) is 13.8 Å². The minimum absolute atomic E-state index is 0.229. The lowest BCUT2D eigenvalue weighted by Crippen LogP contribution is -2.36. The summed E-state index contributed by atoms with van der Waals surface area (Å²) in [5, 5.41) is 20.4. The molecule has 1 heterocycles. The highest BCUT2D eigenvalue weighted by atomic mass is 16.6. The van der Waals surface area contributed by atoms with E-state index in [1.807, 2.05) is 12.1 Å². The molecule has 2 N–H and O–H groups in total. The first-order valence-corrected chi connectivity index (χ1v) is 9.35. The maximum absolute atomic E-state index is 12.2. The summed E-state index contributed by atoms with van der Waals surface area (Å²) < 4.78 is 16.0. The number of carbonyl (C=O) groups is 2. The van der Waals surface area contributed by atoms with Crippen LogP contribution in [0.2, 0.25) is 0 Å². The lowest BCUT2D eigenvalue weighted by atomic mass is 10.1. The van der Waals surface area contributed by atoms with Gasteiger partial charge in [-0.25, -0.2) is 9.59 Å². The van der Waals surface area contributed by atoms with Gasteiger partial charge in [-0.15, -0.1) is 0 Å². The van der Waals surface area contributed by atoms with Gasteiger partial charge >= 0.3 is 11.9 Å². The summed E-state index contributed by atoms with van der Waals surface area (Å²) in [7, 11) is 0.